The average molecular weight is 394 g/mol. The van der Waals surface area contributed by atoms with Crippen LogP contribution in [0, 0.1) is 6.92 Å². The number of aliphatic hydroxyl groups excluding tert-OH is 1. The number of aryl methyl sites for hydroxylation is 1. The molecule has 148 valence electrons. The van der Waals surface area contributed by atoms with Crippen molar-refractivity contribution in [2.45, 2.75) is 25.0 Å². The van der Waals surface area contributed by atoms with E-state index in [1.807, 2.05) is 6.92 Å². The molecule has 2 aliphatic heterocycles. The minimum Gasteiger partial charge on any atom is -0.507 e. The number of ether oxygens (including phenoxy) is 2. The second-order valence-corrected chi connectivity index (χ2v) is 7.56. The lowest BCUT2D eigenvalue weighted by Crippen LogP contribution is -2.44. The zero-order chi connectivity index (χ0) is 20.5. The number of rotatable bonds is 3. The van der Waals surface area contributed by atoms with Crippen LogP contribution in [0.15, 0.2) is 36.1 Å². The van der Waals surface area contributed by atoms with Gasteiger partial charge in [-0.2, -0.15) is 0 Å². The maximum atomic E-state index is 13.3. The van der Waals surface area contributed by atoms with Crippen molar-refractivity contribution in [3.8, 4) is 11.5 Å². The van der Waals surface area contributed by atoms with E-state index in [-0.39, 0.29) is 51.9 Å². The second kappa shape index (κ2) is 6.00. The number of benzene rings is 2. The summed E-state index contributed by atoms with van der Waals surface area (Å²) in [6.07, 6.45) is 1.41. The van der Waals surface area contributed by atoms with Crippen LogP contribution < -0.4 is 4.74 Å². The number of epoxide rings is 1. The van der Waals surface area contributed by atoms with Gasteiger partial charge in [0.2, 0.25) is 5.78 Å². The number of aliphatic hydroxyl groups is 2. The fourth-order valence-electron chi connectivity index (χ4n) is 4.11. The molecule has 1 aliphatic carbocycles. The third kappa shape index (κ3) is 2.42. The SMILES string of the molecule is Cc1cc2c(c3c1CC=C([C@@](O)(CO)[C@@H]1CO1)O3)C(=O)c1c(O)cccc1C2=O. The fourth-order valence-corrected chi connectivity index (χ4v) is 4.11. The van der Waals surface area contributed by atoms with Gasteiger partial charge in [0.1, 0.15) is 23.4 Å². The summed E-state index contributed by atoms with van der Waals surface area (Å²) >= 11 is 0. The molecule has 3 N–H and O–H groups in total. The highest BCUT2D eigenvalue weighted by Crippen LogP contribution is 2.44. The molecule has 0 saturated carbocycles. The number of phenols is 1. The molecule has 2 aromatic rings. The van der Waals surface area contributed by atoms with Crippen molar-refractivity contribution in [2.24, 2.45) is 0 Å². The van der Waals surface area contributed by atoms with E-state index in [9.17, 15) is 24.9 Å². The normalized spacial score (nSPS) is 21.3. The summed E-state index contributed by atoms with van der Waals surface area (Å²) in [6.45, 7) is 1.50. The van der Waals surface area contributed by atoms with Gasteiger partial charge in [-0.1, -0.05) is 12.1 Å². The van der Waals surface area contributed by atoms with Crippen molar-refractivity contribution in [3.05, 3.63) is 69.5 Å². The number of phenolic OH excluding ortho intramolecular Hbond substituents is 1. The lowest BCUT2D eigenvalue weighted by atomic mass is 9.80. The third-order valence-corrected chi connectivity index (χ3v) is 5.83. The molecule has 29 heavy (non-hydrogen) atoms. The molecular weight excluding hydrogens is 376 g/mol. The minimum atomic E-state index is -1.73. The van der Waals surface area contributed by atoms with E-state index in [4.69, 9.17) is 9.47 Å². The van der Waals surface area contributed by atoms with Crippen LogP contribution in [-0.2, 0) is 11.2 Å². The molecule has 1 saturated heterocycles. The van der Waals surface area contributed by atoms with Crippen molar-refractivity contribution in [3.63, 3.8) is 0 Å². The van der Waals surface area contributed by atoms with Crippen molar-refractivity contribution in [2.75, 3.05) is 13.2 Å². The van der Waals surface area contributed by atoms with Gasteiger partial charge >= 0.3 is 0 Å². The lowest BCUT2D eigenvalue weighted by Gasteiger charge is -2.32. The Labute approximate surface area is 165 Å². The van der Waals surface area contributed by atoms with E-state index < -0.39 is 24.1 Å². The molecule has 0 aromatic heterocycles. The highest BCUT2D eigenvalue weighted by molar-refractivity contribution is 6.30. The topological polar surface area (TPSA) is 117 Å². The summed E-state index contributed by atoms with van der Waals surface area (Å²) in [5.41, 5.74) is 0.104. The van der Waals surface area contributed by atoms with Crippen LogP contribution in [0.25, 0.3) is 0 Å². The number of ketones is 2. The zero-order valence-electron chi connectivity index (χ0n) is 15.6. The first-order valence-electron chi connectivity index (χ1n) is 9.28. The summed E-state index contributed by atoms with van der Waals surface area (Å²) in [5.74, 6) is -0.895. The molecule has 7 heteroatoms. The number of aromatic hydroxyl groups is 1. The smallest absolute Gasteiger partial charge is 0.202 e. The van der Waals surface area contributed by atoms with Gasteiger partial charge in [0.25, 0.3) is 0 Å². The number of allylic oxidation sites excluding steroid dienone is 1. The second-order valence-electron chi connectivity index (χ2n) is 7.56. The highest BCUT2D eigenvalue weighted by Gasteiger charge is 2.51. The number of hydrogen-bond acceptors (Lipinski definition) is 7. The molecule has 0 amide bonds. The molecule has 3 aliphatic rings. The van der Waals surface area contributed by atoms with Crippen molar-refractivity contribution in [1.82, 2.24) is 0 Å². The van der Waals surface area contributed by atoms with Gasteiger partial charge < -0.3 is 24.8 Å². The van der Waals surface area contributed by atoms with Crippen molar-refractivity contribution < 1.29 is 34.4 Å². The standard InChI is InChI=1S/C22H18O7/c1-10-7-13-18(20(26)17-12(19(13)25)3-2-4-14(17)24)21-11(10)5-6-15(29-21)22(27,9-23)16-8-28-16/h2-4,6-7,16,23-24,27H,5,8-9H2,1H3/t16-,22-/m0/s1. The van der Waals surface area contributed by atoms with Crippen LogP contribution in [-0.4, -0.2) is 51.8 Å². The van der Waals surface area contributed by atoms with Crippen LogP contribution in [0.2, 0.25) is 0 Å². The molecule has 7 nitrogen and oxygen atoms in total. The number of hydrogen-bond donors (Lipinski definition) is 3. The molecule has 0 spiro atoms. The van der Waals surface area contributed by atoms with Gasteiger partial charge in [-0.15, -0.1) is 0 Å². The van der Waals surface area contributed by atoms with Crippen molar-refractivity contribution in [1.29, 1.82) is 0 Å². The molecule has 0 radical (unpaired) electrons. The zero-order valence-corrected chi connectivity index (χ0v) is 15.6. The Balaban J connectivity index is 1.69. The van der Waals surface area contributed by atoms with E-state index >= 15 is 0 Å². The van der Waals surface area contributed by atoms with Gasteiger partial charge in [0.15, 0.2) is 11.4 Å². The maximum absolute atomic E-state index is 13.3. The predicted octanol–water partition coefficient (Wildman–Crippen LogP) is 1.42. The summed E-state index contributed by atoms with van der Waals surface area (Å²) in [5, 5.41) is 30.8. The van der Waals surface area contributed by atoms with Gasteiger partial charge in [0.05, 0.1) is 24.3 Å². The van der Waals surface area contributed by atoms with E-state index in [0.717, 1.165) is 5.56 Å². The largest absolute Gasteiger partial charge is 0.507 e. The van der Waals surface area contributed by atoms with Crippen LogP contribution >= 0.6 is 0 Å². The molecular formula is C22H18O7. The predicted molar refractivity (Wildman–Crippen MR) is 100 cm³/mol. The van der Waals surface area contributed by atoms with Gasteiger partial charge in [0, 0.05) is 16.7 Å². The summed E-state index contributed by atoms with van der Waals surface area (Å²) in [6, 6.07) is 6.04. The van der Waals surface area contributed by atoms with Gasteiger partial charge in [-0.25, -0.2) is 0 Å². The molecule has 1 fully saturated rings. The Morgan fingerprint density at radius 1 is 1.17 bits per heavy atom. The van der Waals surface area contributed by atoms with Crippen LogP contribution in [0.3, 0.4) is 0 Å². The summed E-state index contributed by atoms with van der Waals surface area (Å²) in [7, 11) is 0. The number of carbonyl (C=O) groups is 2. The van der Waals surface area contributed by atoms with E-state index in [0.29, 0.717) is 12.0 Å². The van der Waals surface area contributed by atoms with Gasteiger partial charge in [-0.3, -0.25) is 9.59 Å². The first-order chi connectivity index (χ1) is 13.9. The Morgan fingerprint density at radius 2 is 1.93 bits per heavy atom. The number of carbonyl (C=O) groups excluding carboxylic acids is 2. The van der Waals surface area contributed by atoms with Crippen molar-refractivity contribution >= 4 is 11.6 Å². The van der Waals surface area contributed by atoms with E-state index in [1.54, 1.807) is 12.1 Å². The fraction of sp³-hybridized carbons (Fsp3) is 0.273. The van der Waals surface area contributed by atoms with Gasteiger partial charge in [-0.05, 0) is 37.1 Å². The highest BCUT2D eigenvalue weighted by atomic mass is 16.6. The Hall–Kier alpha value is -3.00. The van der Waals surface area contributed by atoms with Crippen LogP contribution in [0.1, 0.15) is 43.0 Å². The Morgan fingerprint density at radius 3 is 2.62 bits per heavy atom. The van der Waals surface area contributed by atoms with Crippen LogP contribution in [0.4, 0.5) is 0 Å². The van der Waals surface area contributed by atoms with E-state index in [2.05, 4.69) is 0 Å². The molecule has 2 aromatic carbocycles. The number of fused-ring (bicyclic) bond motifs is 4. The molecule has 5 rings (SSSR count). The monoisotopic (exact) mass is 394 g/mol. The molecule has 0 unspecified atom stereocenters. The minimum absolute atomic E-state index is 0.0568. The first-order valence-corrected chi connectivity index (χ1v) is 9.28. The molecule has 2 atom stereocenters. The molecule has 2 heterocycles. The Bertz CT molecular complexity index is 1130. The Kier molecular flexibility index (Phi) is 3.73. The van der Waals surface area contributed by atoms with Crippen LogP contribution in [0.5, 0.6) is 11.5 Å². The summed E-state index contributed by atoms with van der Waals surface area (Å²) in [4.78, 5) is 26.3. The quantitative estimate of drug-likeness (QED) is 0.575. The average Bonchev–Trinajstić information content (AvgIpc) is 3.56. The lowest BCUT2D eigenvalue weighted by molar-refractivity contribution is -0.0310. The summed E-state index contributed by atoms with van der Waals surface area (Å²) < 4.78 is 11.1. The maximum Gasteiger partial charge on any atom is 0.202 e. The first kappa shape index (κ1) is 18.1. The molecule has 0 bridgehead atoms. The third-order valence-electron chi connectivity index (χ3n) is 5.83. The van der Waals surface area contributed by atoms with E-state index in [1.165, 1.54) is 18.2 Å².